The van der Waals surface area contributed by atoms with Crippen molar-refractivity contribution in [3.8, 4) is 0 Å². The lowest BCUT2D eigenvalue weighted by Crippen LogP contribution is -2.49. The molecule has 1 aromatic carbocycles. The van der Waals surface area contributed by atoms with E-state index in [4.69, 9.17) is 22.7 Å². The zero-order chi connectivity index (χ0) is 24.6. The molecule has 2 heterocycles. The molecule has 1 aliphatic heterocycles. The van der Waals surface area contributed by atoms with E-state index >= 15 is 0 Å². The molecule has 4 rings (SSSR count). The van der Waals surface area contributed by atoms with E-state index in [9.17, 15) is 24.0 Å². The van der Waals surface area contributed by atoms with Crippen molar-refractivity contribution < 1.29 is 23.5 Å². The van der Waals surface area contributed by atoms with E-state index in [1.807, 2.05) is 0 Å². The van der Waals surface area contributed by atoms with Crippen molar-refractivity contribution in [3.05, 3.63) is 63.8 Å². The van der Waals surface area contributed by atoms with Gasteiger partial charge in [0.2, 0.25) is 18.0 Å². The number of hydrogen-bond acceptors (Lipinski definition) is 6. The Morgan fingerprint density at radius 3 is 2.79 bits per heavy atom. The Morgan fingerprint density at radius 2 is 2.06 bits per heavy atom. The normalized spacial score (nSPS) is 20.4. The molecule has 0 unspecified atom stereocenters. The van der Waals surface area contributed by atoms with Gasteiger partial charge in [0, 0.05) is 29.8 Å². The molecule has 10 nitrogen and oxygen atoms in total. The van der Waals surface area contributed by atoms with Crippen molar-refractivity contribution in [2.45, 2.75) is 31.5 Å². The van der Waals surface area contributed by atoms with Crippen molar-refractivity contribution in [3.63, 3.8) is 0 Å². The van der Waals surface area contributed by atoms with Gasteiger partial charge in [0.1, 0.15) is 23.3 Å². The first kappa shape index (κ1) is 23.4. The number of likely N-dealkylation sites (tertiary alicyclic amines) is 1. The Hall–Kier alpha value is -3.73. The second-order valence-corrected chi connectivity index (χ2v) is 8.68. The van der Waals surface area contributed by atoms with Crippen molar-refractivity contribution in [2.75, 3.05) is 11.9 Å². The fourth-order valence-corrected chi connectivity index (χ4v) is 4.46. The van der Waals surface area contributed by atoms with E-state index in [0.717, 1.165) is 18.8 Å². The highest BCUT2D eigenvalue weighted by atomic mass is 35.5. The Kier molecular flexibility index (Phi) is 6.38. The number of nitrogens with two attached hydrogens (primary N) is 1. The van der Waals surface area contributed by atoms with Crippen LogP contribution >= 0.6 is 11.6 Å². The third-order valence-corrected chi connectivity index (χ3v) is 6.35. The topological polar surface area (TPSA) is 155 Å². The van der Waals surface area contributed by atoms with Crippen molar-refractivity contribution in [1.82, 2.24) is 10.2 Å². The van der Waals surface area contributed by atoms with Gasteiger partial charge in [0.15, 0.2) is 6.20 Å². The molecule has 2 fully saturated rings. The third-order valence-electron chi connectivity index (χ3n) is 6.06. The van der Waals surface area contributed by atoms with Crippen LogP contribution in [0, 0.1) is 22.4 Å². The van der Waals surface area contributed by atoms with Crippen LogP contribution in [0.4, 0.5) is 10.1 Å². The number of carbonyl (C=O) groups is 3. The minimum atomic E-state index is -0.980. The Bertz CT molecular complexity index is 1190. The van der Waals surface area contributed by atoms with Gasteiger partial charge in [-0.25, -0.2) is 4.39 Å². The Labute approximate surface area is 199 Å². The number of carbonyl (C=O) groups excluding carboxylic acids is 3. The highest BCUT2D eigenvalue weighted by Crippen LogP contribution is 2.47. The molecule has 3 atom stereocenters. The lowest BCUT2D eigenvalue weighted by molar-refractivity contribution is -0.604. The number of rotatable bonds is 8. The van der Waals surface area contributed by atoms with Gasteiger partial charge < -0.3 is 26.5 Å². The number of nitrogens with one attached hydrogen (secondary N) is 3. The molecule has 3 amide bonds. The summed E-state index contributed by atoms with van der Waals surface area (Å²) in [6, 6.07) is 5.01. The van der Waals surface area contributed by atoms with Crippen LogP contribution in [-0.2, 0) is 20.9 Å². The molecule has 1 aromatic heterocycles. The second kappa shape index (κ2) is 9.26. The molecule has 0 spiro atoms. The van der Waals surface area contributed by atoms with Gasteiger partial charge in [-0.05, 0) is 24.8 Å². The molecule has 1 aliphatic carbocycles. The number of pyridine rings is 1. The number of piperidine rings is 1. The van der Waals surface area contributed by atoms with Crippen LogP contribution in [-0.4, -0.2) is 47.0 Å². The number of benzene rings is 1. The number of aromatic nitrogens is 1. The molecule has 5 N–H and O–H groups in total. The largest absolute Gasteiger partial charge is 0.619 e. The highest BCUT2D eigenvalue weighted by molar-refractivity contribution is 6.44. The van der Waals surface area contributed by atoms with Crippen LogP contribution in [0.2, 0.25) is 5.02 Å². The quantitative estimate of drug-likeness (QED) is 0.244. The fourth-order valence-electron chi connectivity index (χ4n) is 4.27. The summed E-state index contributed by atoms with van der Waals surface area (Å²) in [5, 5.41) is 24.9. The minimum Gasteiger partial charge on any atom is -0.619 e. The maximum Gasteiger partial charge on any atom is 0.267 e. The smallest absolute Gasteiger partial charge is 0.267 e. The van der Waals surface area contributed by atoms with Crippen LogP contribution in [0.3, 0.4) is 0 Å². The molecule has 2 aromatic rings. The number of anilines is 1. The predicted molar refractivity (Wildman–Crippen MR) is 120 cm³/mol. The number of amides is 3. The summed E-state index contributed by atoms with van der Waals surface area (Å²) in [6.07, 6.45) is 3.50. The number of primary amides is 1. The van der Waals surface area contributed by atoms with E-state index < -0.39 is 29.4 Å². The molecule has 178 valence electrons. The van der Waals surface area contributed by atoms with Crippen LogP contribution in [0.1, 0.15) is 24.0 Å². The van der Waals surface area contributed by atoms with Gasteiger partial charge in [-0.15, -0.1) is 0 Å². The maximum absolute atomic E-state index is 14.1. The SMILES string of the molecule is N=C(C(N)=O)c1cc[n+]([O-])cc1NCC(=O)N1[C@@H]2C[C@@H]2C[C@H]1C(=O)NCc1cccc(Cl)c1F. The van der Waals surface area contributed by atoms with Gasteiger partial charge >= 0.3 is 0 Å². The third kappa shape index (κ3) is 4.65. The lowest BCUT2D eigenvalue weighted by atomic mass is 10.1. The minimum absolute atomic E-state index is 0.0409. The van der Waals surface area contributed by atoms with Crippen molar-refractivity contribution in [2.24, 2.45) is 11.7 Å². The van der Waals surface area contributed by atoms with E-state index in [1.54, 1.807) is 6.07 Å². The van der Waals surface area contributed by atoms with Gasteiger partial charge in [0.05, 0.1) is 11.6 Å². The molecular weight excluding hydrogens is 467 g/mol. The molecule has 1 saturated heterocycles. The second-order valence-electron chi connectivity index (χ2n) is 8.27. The van der Waals surface area contributed by atoms with Gasteiger partial charge in [-0.2, -0.15) is 4.73 Å². The summed E-state index contributed by atoms with van der Waals surface area (Å²) < 4.78 is 14.6. The zero-order valence-electron chi connectivity index (χ0n) is 17.9. The summed E-state index contributed by atoms with van der Waals surface area (Å²) in [4.78, 5) is 38.7. The van der Waals surface area contributed by atoms with Gasteiger partial charge in [0.25, 0.3) is 5.91 Å². The zero-order valence-corrected chi connectivity index (χ0v) is 18.6. The first-order chi connectivity index (χ1) is 16.2. The monoisotopic (exact) mass is 488 g/mol. The molecule has 2 aliphatic rings. The average Bonchev–Trinajstić information content (AvgIpc) is 3.46. The first-order valence-electron chi connectivity index (χ1n) is 10.5. The molecule has 1 saturated carbocycles. The van der Waals surface area contributed by atoms with Crippen LogP contribution in [0.15, 0.2) is 36.7 Å². The lowest BCUT2D eigenvalue weighted by Gasteiger charge is -2.27. The maximum atomic E-state index is 14.1. The van der Waals surface area contributed by atoms with Gasteiger partial charge in [-0.1, -0.05) is 23.7 Å². The van der Waals surface area contributed by atoms with Gasteiger partial charge in [-0.3, -0.25) is 19.8 Å². The van der Waals surface area contributed by atoms with Crippen LogP contribution in [0.25, 0.3) is 0 Å². The average molecular weight is 489 g/mol. The number of halogens is 2. The fraction of sp³-hybridized carbons (Fsp3) is 0.318. The van der Waals surface area contributed by atoms with Crippen molar-refractivity contribution in [1.29, 1.82) is 5.41 Å². The summed E-state index contributed by atoms with van der Waals surface area (Å²) >= 11 is 5.78. The number of fused-ring (bicyclic) bond motifs is 1. The predicted octanol–water partition coefficient (Wildman–Crippen LogP) is 0.683. The van der Waals surface area contributed by atoms with Crippen LogP contribution in [0.5, 0.6) is 0 Å². The summed E-state index contributed by atoms with van der Waals surface area (Å²) in [6.45, 7) is -0.331. The molecule has 34 heavy (non-hydrogen) atoms. The molecule has 0 radical (unpaired) electrons. The van der Waals surface area contributed by atoms with Crippen LogP contribution < -0.4 is 21.1 Å². The summed E-state index contributed by atoms with van der Waals surface area (Å²) in [5.74, 6) is -2.13. The standard InChI is InChI=1S/C22H22ClFN6O4/c23-14-3-1-2-11(19(14)24)8-28-22(33)17-7-12-6-16(12)30(17)18(31)9-27-15-10-29(34)5-4-13(15)20(25)21(26)32/h1-5,10,12,16-17,25,27H,6-9H2,(H2,26,32)(H,28,33)/t12-,16-,17+/m1/s1. The van der Waals surface area contributed by atoms with E-state index in [-0.39, 0.29) is 52.8 Å². The summed E-state index contributed by atoms with van der Waals surface area (Å²) in [7, 11) is 0. The molecule has 12 heteroatoms. The van der Waals surface area contributed by atoms with Crippen molar-refractivity contribution >= 4 is 40.7 Å². The first-order valence-corrected chi connectivity index (χ1v) is 10.9. The Morgan fingerprint density at radius 1 is 1.29 bits per heavy atom. The summed E-state index contributed by atoms with van der Waals surface area (Å²) in [5.41, 5.74) is 5.07. The number of nitrogens with zero attached hydrogens (tertiary/aromatic N) is 2. The molecular formula is C22H22ClFN6O4. The van der Waals surface area contributed by atoms with E-state index in [2.05, 4.69) is 10.6 Å². The van der Waals surface area contributed by atoms with E-state index in [1.165, 1.54) is 23.1 Å². The number of hydrogen-bond donors (Lipinski definition) is 4. The van der Waals surface area contributed by atoms with E-state index in [0.29, 0.717) is 11.2 Å². The highest BCUT2D eigenvalue weighted by Gasteiger charge is 2.55. The molecule has 0 bridgehead atoms. The Balaban J connectivity index is 1.42.